The monoisotopic (exact) mass is 211 g/mol. The number of unbranched alkanes of at least 4 members (excludes halogenated alkanes) is 1. The molecule has 1 saturated carbocycles. The summed E-state index contributed by atoms with van der Waals surface area (Å²) in [7, 11) is 0. The first-order valence-corrected chi connectivity index (χ1v) is 6.55. The SMILES string of the molecule is CCCCC(CC)CNC(=O)C1CCC1. The van der Waals surface area contributed by atoms with Gasteiger partial charge in [-0.05, 0) is 25.2 Å². The molecular weight excluding hydrogens is 186 g/mol. The molecule has 0 bridgehead atoms. The topological polar surface area (TPSA) is 29.1 Å². The van der Waals surface area contributed by atoms with Gasteiger partial charge in [-0.15, -0.1) is 0 Å². The number of carbonyl (C=O) groups excluding carboxylic acids is 1. The fourth-order valence-electron chi connectivity index (χ4n) is 2.00. The van der Waals surface area contributed by atoms with E-state index in [4.69, 9.17) is 0 Å². The van der Waals surface area contributed by atoms with E-state index in [-0.39, 0.29) is 0 Å². The average molecular weight is 211 g/mol. The van der Waals surface area contributed by atoms with Gasteiger partial charge in [0.1, 0.15) is 0 Å². The number of hydrogen-bond donors (Lipinski definition) is 1. The second-order valence-corrected chi connectivity index (χ2v) is 4.79. The van der Waals surface area contributed by atoms with Crippen molar-refractivity contribution in [1.82, 2.24) is 5.32 Å². The molecule has 1 aliphatic rings. The third kappa shape index (κ3) is 4.23. The highest BCUT2D eigenvalue weighted by Crippen LogP contribution is 2.26. The van der Waals surface area contributed by atoms with Crippen LogP contribution in [0.25, 0.3) is 0 Å². The van der Waals surface area contributed by atoms with E-state index in [0.717, 1.165) is 19.4 Å². The molecule has 1 fully saturated rings. The van der Waals surface area contributed by atoms with Crippen LogP contribution >= 0.6 is 0 Å². The van der Waals surface area contributed by atoms with Gasteiger partial charge in [-0.25, -0.2) is 0 Å². The van der Waals surface area contributed by atoms with Crippen LogP contribution < -0.4 is 5.32 Å². The lowest BCUT2D eigenvalue weighted by Gasteiger charge is -2.25. The zero-order chi connectivity index (χ0) is 11.1. The van der Waals surface area contributed by atoms with Gasteiger partial charge in [0.05, 0.1) is 0 Å². The highest BCUT2D eigenvalue weighted by molar-refractivity contribution is 5.79. The van der Waals surface area contributed by atoms with Crippen molar-refractivity contribution in [3.8, 4) is 0 Å². The van der Waals surface area contributed by atoms with E-state index in [9.17, 15) is 4.79 Å². The molecule has 2 nitrogen and oxygen atoms in total. The van der Waals surface area contributed by atoms with Crippen LogP contribution in [0.5, 0.6) is 0 Å². The molecule has 1 N–H and O–H groups in total. The predicted molar refractivity (Wildman–Crippen MR) is 63.7 cm³/mol. The Morgan fingerprint density at radius 2 is 2.13 bits per heavy atom. The number of hydrogen-bond acceptors (Lipinski definition) is 1. The lowest BCUT2D eigenvalue weighted by atomic mass is 9.84. The van der Waals surface area contributed by atoms with Gasteiger partial charge in [-0.2, -0.15) is 0 Å². The number of nitrogens with one attached hydrogen (secondary N) is 1. The molecular formula is C13H25NO. The van der Waals surface area contributed by atoms with Gasteiger partial charge in [0, 0.05) is 12.5 Å². The zero-order valence-electron chi connectivity index (χ0n) is 10.2. The van der Waals surface area contributed by atoms with Crippen LogP contribution in [0, 0.1) is 11.8 Å². The van der Waals surface area contributed by atoms with Crippen molar-refractivity contribution < 1.29 is 4.79 Å². The van der Waals surface area contributed by atoms with Crippen molar-refractivity contribution in [1.29, 1.82) is 0 Å². The summed E-state index contributed by atoms with van der Waals surface area (Å²) in [4.78, 5) is 11.6. The minimum Gasteiger partial charge on any atom is -0.356 e. The summed E-state index contributed by atoms with van der Waals surface area (Å²) in [5.41, 5.74) is 0. The third-order valence-corrected chi connectivity index (χ3v) is 3.58. The molecule has 0 aliphatic heterocycles. The maximum atomic E-state index is 11.6. The van der Waals surface area contributed by atoms with Crippen molar-refractivity contribution in [2.24, 2.45) is 11.8 Å². The summed E-state index contributed by atoms with van der Waals surface area (Å²) in [5, 5.41) is 3.11. The van der Waals surface area contributed by atoms with Gasteiger partial charge in [0.25, 0.3) is 0 Å². The number of carbonyl (C=O) groups is 1. The van der Waals surface area contributed by atoms with Gasteiger partial charge >= 0.3 is 0 Å². The molecule has 1 atom stereocenters. The highest BCUT2D eigenvalue weighted by Gasteiger charge is 2.25. The maximum Gasteiger partial charge on any atom is 0.223 e. The van der Waals surface area contributed by atoms with Crippen LogP contribution in [-0.4, -0.2) is 12.5 Å². The Kier molecular flexibility index (Phi) is 5.74. The fraction of sp³-hybridized carbons (Fsp3) is 0.923. The van der Waals surface area contributed by atoms with Gasteiger partial charge in [0.15, 0.2) is 0 Å². The van der Waals surface area contributed by atoms with E-state index in [1.54, 1.807) is 0 Å². The quantitative estimate of drug-likeness (QED) is 0.688. The van der Waals surface area contributed by atoms with Crippen molar-refractivity contribution in [3.05, 3.63) is 0 Å². The molecule has 0 aromatic carbocycles. The summed E-state index contributed by atoms with van der Waals surface area (Å²) in [6.45, 7) is 5.33. The summed E-state index contributed by atoms with van der Waals surface area (Å²) in [6.07, 6.45) is 8.45. The summed E-state index contributed by atoms with van der Waals surface area (Å²) < 4.78 is 0. The fourth-order valence-corrected chi connectivity index (χ4v) is 2.00. The highest BCUT2D eigenvalue weighted by atomic mass is 16.1. The molecule has 0 heterocycles. The number of rotatable bonds is 7. The van der Waals surface area contributed by atoms with Crippen LogP contribution in [-0.2, 0) is 4.79 Å². The lowest BCUT2D eigenvalue weighted by Crippen LogP contribution is -2.37. The van der Waals surface area contributed by atoms with Gasteiger partial charge in [-0.1, -0.05) is 39.5 Å². The normalized spacial score (nSPS) is 18.3. The Hall–Kier alpha value is -0.530. The van der Waals surface area contributed by atoms with Crippen LogP contribution in [0.15, 0.2) is 0 Å². The molecule has 15 heavy (non-hydrogen) atoms. The van der Waals surface area contributed by atoms with E-state index in [1.807, 2.05) is 0 Å². The van der Waals surface area contributed by atoms with E-state index >= 15 is 0 Å². The second-order valence-electron chi connectivity index (χ2n) is 4.79. The Balaban J connectivity index is 2.12. The van der Waals surface area contributed by atoms with Gasteiger partial charge < -0.3 is 5.32 Å². The molecule has 0 spiro atoms. The molecule has 2 heteroatoms. The minimum absolute atomic E-state index is 0.302. The Morgan fingerprint density at radius 3 is 2.60 bits per heavy atom. The van der Waals surface area contributed by atoms with Crippen molar-refractivity contribution in [2.75, 3.05) is 6.54 Å². The molecule has 0 aromatic heterocycles. The molecule has 1 aliphatic carbocycles. The maximum absolute atomic E-state index is 11.6. The predicted octanol–water partition coefficient (Wildman–Crippen LogP) is 3.12. The van der Waals surface area contributed by atoms with E-state index in [0.29, 0.717) is 17.7 Å². The van der Waals surface area contributed by atoms with Crippen LogP contribution in [0.2, 0.25) is 0 Å². The molecule has 0 aromatic rings. The van der Waals surface area contributed by atoms with E-state index in [2.05, 4.69) is 19.2 Å². The average Bonchev–Trinajstić information content (AvgIpc) is 2.15. The molecule has 88 valence electrons. The Morgan fingerprint density at radius 1 is 1.40 bits per heavy atom. The molecule has 1 rings (SSSR count). The largest absolute Gasteiger partial charge is 0.356 e. The van der Waals surface area contributed by atoms with Crippen LogP contribution in [0.1, 0.15) is 58.8 Å². The second kappa shape index (κ2) is 6.86. The minimum atomic E-state index is 0.302. The first-order chi connectivity index (χ1) is 7.27. The van der Waals surface area contributed by atoms with Crippen LogP contribution in [0.4, 0.5) is 0 Å². The summed E-state index contributed by atoms with van der Waals surface area (Å²) >= 11 is 0. The molecule has 0 radical (unpaired) electrons. The first-order valence-electron chi connectivity index (χ1n) is 6.55. The Bertz CT molecular complexity index is 187. The molecule has 1 amide bonds. The smallest absolute Gasteiger partial charge is 0.223 e. The summed E-state index contributed by atoms with van der Waals surface area (Å²) in [5.74, 6) is 1.33. The van der Waals surface area contributed by atoms with Crippen molar-refractivity contribution in [2.45, 2.75) is 58.8 Å². The van der Waals surface area contributed by atoms with Crippen molar-refractivity contribution >= 4 is 5.91 Å². The van der Waals surface area contributed by atoms with E-state index < -0.39 is 0 Å². The first kappa shape index (κ1) is 12.5. The van der Waals surface area contributed by atoms with E-state index in [1.165, 1.54) is 32.1 Å². The van der Waals surface area contributed by atoms with Crippen LogP contribution in [0.3, 0.4) is 0 Å². The zero-order valence-corrected chi connectivity index (χ0v) is 10.2. The molecule has 0 saturated heterocycles. The van der Waals surface area contributed by atoms with Gasteiger partial charge in [-0.3, -0.25) is 4.79 Å². The lowest BCUT2D eigenvalue weighted by molar-refractivity contribution is -0.127. The van der Waals surface area contributed by atoms with Gasteiger partial charge in [0.2, 0.25) is 5.91 Å². The Labute approximate surface area is 93.8 Å². The standard InChI is InChI=1S/C13H25NO/c1-3-5-7-11(4-2)10-14-13(15)12-8-6-9-12/h11-12H,3-10H2,1-2H3,(H,14,15). The third-order valence-electron chi connectivity index (χ3n) is 3.58. The van der Waals surface area contributed by atoms with Crippen molar-refractivity contribution in [3.63, 3.8) is 0 Å². The molecule has 1 unspecified atom stereocenters. The number of amides is 1. The summed E-state index contributed by atoms with van der Waals surface area (Å²) in [6, 6.07) is 0.